The van der Waals surface area contributed by atoms with E-state index in [1.165, 1.54) is 31.2 Å². The normalized spacial score (nSPS) is 12.2. The molecular formula is C29H23N3O7S. The number of benzene rings is 4. The lowest BCUT2D eigenvalue weighted by atomic mass is 9.99. The number of carbonyl (C=O) groups excluding carboxylic acids is 3. The average molecular weight is 558 g/mol. The van der Waals surface area contributed by atoms with E-state index in [1.54, 1.807) is 18.2 Å². The van der Waals surface area contributed by atoms with Crippen LogP contribution >= 0.6 is 0 Å². The zero-order chi connectivity index (χ0) is 28.4. The maximum Gasteiger partial charge on any atom is 0.339 e. The molecule has 2 amide bonds. The van der Waals surface area contributed by atoms with E-state index in [2.05, 4.69) is 10.3 Å². The van der Waals surface area contributed by atoms with E-state index in [9.17, 15) is 22.8 Å². The van der Waals surface area contributed by atoms with Gasteiger partial charge in [-0.25, -0.2) is 22.9 Å². The minimum Gasteiger partial charge on any atom is -0.449 e. The second-order valence-electron chi connectivity index (χ2n) is 8.92. The number of esters is 1. The van der Waals surface area contributed by atoms with Gasteiger partial charge < -0.3 is 14.5 Å². The molecule has 202 valence electrons. The quantitative estimate of drug-likeness (QED) is 0.275. The Morgan fingerprint density at radius 3 is 2.30 bits per heavy atom. The number of hydrogen-bond donors (Lipinski definition) is 2. The third-order valence-electron chi connectivity index (χ3n) is 6.01. The predicted molar refractivity (Wildman–Crippen MR) is 148 cm³/mol. The van der Waals surface area contributed by atoms with Crippen molar-refractivity contribution >= 4 is 55.4 Å². The second-order valence-corrected chi connectivity index (χ2v) is 10.6. The molecule has 0 aliphatic carbocycles. The fourth-order valence-corrected chi connectivity index (χ4v) is 5.15. The molecule has 0 fully saturated rings. The van der Waals surface area contributed by atoms with Gasteiger partial charge in [-0.2, -0.15) is 0 Å². The van der Waals surface area contributed by atoms with Crippen LogP contribution in [0.2, 0.25) is 0 Å². The Morgan fingerprint density at radius 2 is 1.60 bits per heavy atom. The van der Waals surface area contributed by atoms with Gasteiger partial charge in [-0.15, -0.1) is 0 Å². The SMILES string of the molecule is CC(=O)NS(=O)(=O)c1ccc(NC(=O)C(C)OC(=O)c2cccc3cccc(-c4nc5ccccc5o4)c23)cc1. The van der Waals surface area contributed by atoms with E-state index in [0.717, 1.165) is 12.3 Å². The molecule has 10 nitrogen and oxygen atoms in total. The Balaban J connectivity index is 1.35. The highest BCUT2D eigenvalue weighted by molar-refractivity contribution is 7.90. The third-order valence-corrected chi connectivity index (χ3v) is 7.46. The molecular weight excluding hydrogens is 534 g/mol. The van der Waals surface area contributed by atoms with Gasteiger partial charge in [0.25, 0.3) is 15.9 Å². The lowest BCUT2D eigenvalue weighted by Gasteiger charge is -2.15. The number of ether oxygens (including phenoxy) is 1. The Hall–Kier alpha value is -5.03. The molecule has 5 aromatic rings. The van der Waals surface area contributed by atoms with Crippen molar-refractivity contribution in [3.63, 3.8) is 0 Å². The number of rotatable bonds is 7. The first-order valence-electron chi connectivity index (χ1n) is 12.2. The lowest BCUT2D eigenvalue weighted by Crippen LogP contribution is -2.30. The minimum atomic E-state index is -4.01. The number of anilines is 1. The molecule has 11 heteroatoms. The van der Waals surface area contributed by atoms with Crippen LogP contribution in [0.3, 0.4) is 0 Å². The van der Waals surface area contributed by atoms with Gasteiger partial charge in [0.2, 0.25) is 11.8 Å². The van der Waals surface area contributed by atoms with Crippen molar-refractivity contribution in [3.8, 4) is 11.5 Å². The van der Waals surface area contributed by atoms with Crippen LogP contribution in [-0.2, 0) is 24.3 Å². The highest BCUT2D eigenvalue weighted by atomic mass is 32.2. The molecule has 1 atom stereocenters. The van der Waals surface area contributed by atoms with Gasteiger partial charge >= 0.3 is 5.97 Å². The number of nitrogens with one attached hydrogen (secondary N) is 2. The Kier molecular flexibility index (Phi) is 7.05. The summed E-state index contributed by atoms with van der Waals surface area (Å²) in [5, 5.41) is 3.92. The number of fused-ring (bicyclic) bond motifs is 2. The summed E-state index contributed by atoms with van der Waals surface area (Å²) < 4.78 is 37.5. The van der Waals surface area contributed by atoms with Crippen molar-refractivity contribution in [1.82, 2.24) is 9.71 Å². The van der Waals surface area contributed by atoms with E-state index in [1.807, 2.05) is 47.2 Å². The van der Waals surface area contributed by atoms with Crippen molar-refractivity contribution in [2.24, 2.45) is 0 Å². The molecule has 0 aliphatic rings. The smallest absolute Gasteiger partial charge is 0.339 e. The summed E-state index contributed by atoms with van der Waals surface area (Å²) >= 11 is 0. The Bertz CT molecular complexity index is 1840. The average Bonchev–Trinajstić information content (AvgIpc) is 3.36. The summed E-state index contributed by atoms with van der Waals surface area (Å²) in [6.45, 7) is 2.51. The Labute approximate surface area is 229 Å². The number of oxazole rings is 1. The van der Waals surface area contributed by atoms with Crippen molar-refractivity contribution in [3.05, 3.63) is 90.5 Å². The van der Waals surface area contributed by atoms with Gasteiger partial charge in [-0.1, -0.05) is 36.4 Å². The highest BCUT2D eigenvalue weighted by Gasteiger charge is 2.23. The summed E-state index contributed by atoms with van der Waals surface area (Å²) in [4.78, 5) is 41.6. The lowest BCUT2D eigenvalue weighted by molar-refractivity contribution is -0.123. The number of sulfonamides is 1. The molecule has 4 aromatic carbocycles. The first kappa shape index (κ1) is 26.6. The van der Waals surface area contributed by atoms with Crippen molar-refractivity contribution in [2.45, 2.75) is 24.8 Å². The molecule has 2 N–H and O–H groups in total. The van der Waals surface area contributed by atoms with Crippen molar-refractivity contribution in [2.75, 3.05) is 5.32 Å². The largest absolute Gasteiger partial charge is 0.449 e. The molecule has 0 spiro atoms. The topological polar surface area (TPSA) is 145 Å². The van der Waals surface area contributed by atoms with Gasteiger partial charge in [0.05, 0.1) is 10.5 Å². The summed E-state index contributed by atoms with van der Waals surface area (Å²) in [7, 11) is -4.01. The zero-order valence-electron chi connectivity index (χ0n) is 21.4. The van der Waals surface area contributed by atoms with E-state index < -0.39 is 33.9 Å². The zero-order valence-corrected chi connectivity index (χ0v) is 22.2. The number of amides is 2. The van der Waals surface area contributed by atoms with Gasteiger partial charge in [0.15, 0.2) is 11.7 Å². The molecule has 0 bridgehead atoms. The van der Waals surface area contributed by atoms with Crippen molar-refractivity contribution in [1.29, 1.82) is 0 Å². The second kappa shape index (κ2) is 10.6. The molecule has 0 saturated heterocycles. The highest BCUT2D eigenvalue weighted by Crippen LogP contribution is 2.33. The molecule has 5 rings (SSSR count). The van der Waals surface area contributed by atoms with Crippen LogP contribution < -0.4 is 10.0 Å². The third kappa shape index (κ3) is 5.40. The van der Waals surface area contributed by atoms with Crippen molar-refractivity contribution < 1.29 is 32.0 Å². The number of para-hydroxylation sites is 2. The molecule has 1 aromatic heterocycles. The van der Waals surface area contributed by atoms with Crippen LogP contribution in [-0.4, -0.2) is 37.3 Å². The number of nitrogens with zero attached hydrogens (tertiary/aromatic N) is 1. The van der Waals surface area contributed by atoms with E-state index in [0.29, 0.717) is 27.9 Å². The summed E-state index contributed by atoms with van der Waals surface area (Å²) in [6, 6.07) is 23.2. The molecule has 0 radical (unpaired) electrons. The number of hydrogen-bond acceptors (Lipinski definition) is 8. The predicted octanol–water partition coefficient (Wildman–Crippen LogP) is 4.66. The van der Waals surface area contributed by atoms with Gasteiger partial charge in [0.1, 0.15) is 5.52 Å². The molecule has 40 heavy (non-hydrogen) atoms. The first-order valence-corrected chi connectivity index (χ1v) is 13.6. The maximum absolute atomic E-state index is 13.3. The molecule has 1 unspecified atom stereocenters. The number of aromatic nitrogens is 1. The maximum atomic E-state index is 13.3. The van der Waals surface area contributed by atoms with Crippen LogP contribution in [0.25, 0.3) is 33.3 Å². The van der Waals surface area contributed by atoms with Gasteiger partial charge in [-0.3, -0.25) is 9.59 Å². The van der Waals surface area contributed by atoms with Gasteiger partial charge in [0, 0.05) is 23.6 Å². The van der Waals surface area contributed by atoms with E-state index >= 15 is 0 Å². The fourth-order valence-electron chi connectivity index (χ4n) is 4.16. The van der Waals surface area contributed by atoms with E-state index in [4.69, 9.17) is 9.15 Å². The van der Waals surface area contributed by atoms with E-state index in [-0.39, 0.29) is 16.1 Å². The van der Waals surface area contributed by atoms with Crippen LogP contribution in [0.1, 0.15) is 24.2 Å². The van der Waals surface area contributed by atoms with Crippen LogP contribution in [0.4, 0.5) is 5.69 Å². The molecule has 0 saturated carbocycles. The first-order chi connectivity index (χ1) is 19.1. The minimum absolute atomic E-state index is 0.147. The number of carbonyl (C=O) groups is 3. The van der Waals surface area contributed by atoms with Crippen LogP contribution in [0.5, 0.6) is 0 Å². The monoisotopic (exact) mass is 557 g/mol. The summed E-state index contributed by atoms with van der Waals surface area (Å²) in [6.07, 6.45) is -1.18. The van der Waals surface area contributed by atoms with Crippen LogP contribution in [0, 0.1) is 0 Å². The Morgan fingerprint density at radius 1 is 0.900 bits per heavy atom. The molecule has 0 aliphatic heterocycles. The summed E-state index contributed by atoms with van der Waals surface area (Å²) in [5.74, 6) is -1.71. The standard InChI is InChI=1S/C29H23N3O7S/c1-17(27(34)30-20-13-15-21(16-14-20)40(36,37)32-18(2)33)38-29(35)23-10-6-8-19-7-5-9-22(26(19)23)28-31-24-11-3-4-12-25(24)39-28/h3-17H,1-2H3,(H,30,34)(H,32,33). The van der Waals surface area contributed by atoms with Crippen LogP contribution in [0.15, 0.2) is 94.2 Å². The summed E-state index contributed by atoms with van der Waals surface area (Å²) in [5.41, 5.74) is 2.41. The van der Waals surface area contributed by atoms with Gasteiger partial charge in [-0.05, 0) is 60.8 Å². The molecule has 1 heterocycles. The fraction of sp³-hybridized carbons (Fsp3) is 0.103.